The molecule has 1 aromatic heterocycles. The Morgan fingerprint density at radius 2 is 2.00 bits per heavy atom. The van der Waals surface area contributed by atoms with E-state index in [1.807, 2.05) is 6.92 Å². The van der Waals surface area contributed by atoms with Gasteiger partial charge in [0.15, 0.2) is 4.34 Å². The first-order valence-electron chi connectivity index (χ1n) is 7.48. The fraction of sp³-hybridized carbons (Fsp3) is 0.500. The molecule has 0 bridgehead atoms. The van der Waals surface area contributed by atoms with Crippen LogP contribution in [0.2, 0.25) is 0 Å². The van der Waals surface area contributed by atoms with E-state index in [-0.39, 0.29) is 0 Å². The molecule has 0 radical (unpaired) electrons. The standard InChI is InChI=1S/C16H23N3S2/c1-4-10-17-15(11-20-16-18-12(3)19-21-16)14-8-6-13(5-2)7-9-14/h6-9,15,17H,4-5,10-11H2,1-3H3. The average Bonchev–Trinajstić information content (AvgIpc) is 2.93. The van der Waals surface area contributed by atoms with Crippen molar-refractivity contribution in [1.29, 1.82) is 0 Å². The summed E-state index contributed by atoms with van der Waals surface area (Å²) in [6.07, 6.45) is 2.23. The number of nitrogens with one attached hydrogen (secondary N) is 1. The molecule has 2 rings (SSSR count). The Kier molecular flexibility index (Phi) is 6.67. The maximum Gasteiger partial charge on any atom is 0.170 e. The number of benzene rings is 1. The van der Waals surface area contributed by atoms with Gasteiger partial charge >= 0.3 is 0 Å². The third-order valence-electron chi connectivity index (χ3n) is 3.31. The zero-order valence-corrected chi connectivity index (χ0v) is 14.6. The van der Waals surface area contributed by atoms with Crippen molar-refractivity contribution in [3.63, 3.8) is 0 Å². The number of hydrogen-bond acceptors (Lipinski definition) is 5. The molecule has 1 unspecified atom stereocenters. The van der Waals surface area contributed by atoms with Crippen molar-refractivity contribution in [3.8, 4) is 0 Å². The SMILES string of the molecule is CCCNC(CSc1nc(C)ns1)c1ccc(CC)cc1. The number of aromatic nitrogens is 2. The summed E-state index contributed by atoms with van der Waals surface area (Å²) >= 11 is 3.28. The molecule has 114 valence electrons. The van der Waals surface area contributed by atoms with Crippen LogP contribution in [-0.2, 0) is 6.42 Å². The van der Waals surface area contributed by atoms with Crippen LogP contribution in [0.3, 0.4) is 0 Å². The number of rotatable bonds is 8. The van der Waals surface area contributed by atoms with Gasteiger partial charge in [-0.3, -0.25) is 0 Å². The minimum atomic E-state index is 0.366. The largest absolute Gasteiger partial charge is 0.309 e. The minimum Gasteiger partial charge on any atom is -0.309 e. The van der Waals surface area contributed by atoms with E-state index >= 15 is 0 Å². The Morgan fingerprint density at radius 1 is 1.24 bits per heavy atom. The fourth-order valence-electron chi connectivity index (χ4n) is 2.07. The van der Waals surface area contributed by atoms with Gasteiger partial charge in [-0.25, -0.2) is 4.98 Å². The fourth-order valence-corrected chi connectivity index (χ4v) is 3.84. The molecular weight excluding hydrogens is 298 g/mol. The quantitative estimate of drug-likeness (QED) is 0.738. The summed E-state index contributed by atoms with van der Waals surface area (Å²) in [5.74, 6) is 1.85. The molecule has 1 aromatic carbocycles. The number of aryl methyl sites for hydroxylation is 2. The normalized spacial score (nSPS) is 12.5. The third-order valence-corrected chi connectivity index (χ3v) is 5.33. The molecule has 0 amide bonds. The van der Waals surface area contributed by atoms with Gasteiger partial charge in [0, 0.05) is 11.8 Å². The van der Waals surface area contributed by atoms with E-state index in [9.17, 15) is 0 Å². The molecular formula is C16H23N3S2. The highest BCUT2D eigenvalue weighted by Gasteiger charge is 2.12. The van der Waals surface area contributed by atoms with E-state index in [1.54, 1.807) is 11.8 Å². The molecule has 0 saturated carbocycles. The van der Waals surface area contributed by atoms with E-state index in [0.717, 1.165) is 35.3 Å². The minimum absolute atomic E-state index is 0.366. The molecule has 0 aliphatic rings. The molecule has 3 nitrogen and oxygen atoms in total. The van der Waals surface area contributed by atoms with Gasteiger partial charge in [0.05, 0.1) is 0 Å². The summed E-state index contributed by atoms with van der Waals surface area (Å²) in [6, 6.07) is 9.33. The maximum atomic E-state index is 4.43. The van der Waals surface area contributed by atoms with Crippen LogP contribution in [0.4, 0.5) is 0 Å². The summed E-state index contributed by atoms with van der Waals surface area (Å²) in [5.41, 5.74) is 2.75. The molecule has 0 saturated heterocycles. The first kappa shape index (κ1) is 16.5. The Morgan fingerprint density at radius 3 is 2.57 bits per heavy atom. The van der Waals surface area contributed by atoms with Crippen LogP contribution in [0.15, 0.2) is 28.6 Å². The van der Waals surface area contributed by atoms with Crippen LogP contribution in [0.5, 0.6) is 0 Å². The summed E-state index contributed by atoms with van der Waals surface area (Å²) in [4.78, 5) is 4.43. The van der Waals surface area contributed by atoms with Crippen LogP contribution in [0.25, 0.3) is 0 Å². The van der Waals surface area contributed by atoms with Crippen LogP contribution in [0, 0.1) is 6.92 Å². The van der Waals surface area contributed by atoms with Crippen molar-refractivity contribution in [2.24, 2.45) is 0 Å². The Bertz CT molecular complexity index is 537. The monoisotopic (exact) mass is 321 g/mol. The van der Waals surface area contributed by atoms with Gasteiger partial charge in [0.1, 0.15) is 5.82 Å². The van der Waals surface area contributed by atoms with Crippen LogP contribution in [0.1, 0.15) is 43.3 Å². The molecule has 2 aromatic rings. The zero-order valence-electron chi connectivity index (χ0n) is 12.9. The van der Waals surface area contributed by atoms with Crippen LogP contribution < -0.4 is 5.32 Å². The lowest BCUT2D eigenvalue weighted by Crippen LogP contribution is -2.24. The van der Waals surface area contributed by atoms with Crippen molar-refractivity contribution in [2.75, 3.05) is 12.3 Å². The van der Waals surface area contributed by atoms with E-state index in [0.29, 0.717) is 6.04 Å². The van der Waals surface area contributed by atoms with Gasteiger partial charge in [-0.1, -0.05) is 49.9 Å². The van der Waals surface area contributed by atoms with E-state index < -0.39 is 0 Å². The van der Waals surface area contributed by atoms with Crippen LogP contribution >= 0.6 is 23.3 Å². The molecule has 0 aliphatic carbocycles. The second-order valence-corrected chi connectivity index (χ2v) is 7.04. The molecule has 5 heteroatoms. The topological polar surface area (TPSA) is 37.8 Å². The molecule has 1 heterocycles. The van der Waals surface area contributed by atoms with Gasteiger partial charge in [-0.2, -0.15) is 4.37 Å². The number of nitrogens with zero attached hydrogens (tertiary/aromatic N) is 2. The zero-order chi connectivity index (χ0) is 15.1. The highest BCUT2D eigenvalue weighted by molar-refractivity contribution is 8.00. The van der Waals surface area contributed by atoms with E-state index in [1.165, 1.54) is 22.7 Å². The smallest absolute Gasteiger partial charge is 0.170 e. The lowest BCUT2D eigenvalue weighted by Gasteiger charge is -2.18. The van der Waals surface area contributed by atoms with Crippen molar-refractivity contribution in [1.82, 2.24) is 14.7 Å². The predicted molar refractivity (Wildman–Crippen MR) is 92.2 cm³/mol. The lowest BCUT2D eigenvalue weighted by atomic mass is 10.0. The van der Waals surface area contributed by atoms with Crippen molar-refractivity contribution < 1.29 is 0 Å². The van der Waals surface area contributed by atoms with Crippen molar-refractivity contribution in [2.45, 2.75) is 44.0 Å². The second kappa shape index (κ2) is 8.51. The first-order valence-corrected chi connectivity index (χ1v) is 9.24. The molecule has 0 aliphatic heterocycles. The Balaban J connectivity index is 2.01. The maximum absolute atomic E-state index is 4.43. The molecule has 0 fully saturated rings. The number of hydrogen-bond donors (Lipinski definition) is 1. The van der Waals surface area contributed by atoms with Gasteiger partial charge in [0.25, 0.3) is 0 Å². The number of thioether (sulfide) groups is 1. The van der Waals surface area contributed by atoms with Gasteiger partial charge in [0.2, 0.25) is 0 Å². The highest BCUT2D eigenvalue weighted by atomic mass is 32.2. The first-order chi connectivity index (χ1) is 10.2. The van der Waals surface area contributed by atoms with Crippen LogP contribution in [-0.4, -0.2) is 21.7 Å². The summed E-state index contributed by atoms with van der Waals surface area (Å²) in [6.45, 7) is 7.37. The second-order valence-electron chi connectivity index (χ2n) is 5.02. The summed E-state index contributed by atoms with van der Waals surface area (Å²) in [7, 11) is 0. The van der Waals surface area contributed by atoms with E-state index in [2.05, 4.69) is 52.8 Å². The van der Waals surface area contributed by atoms with Gasteiger partial charge in [-0.05, 0) is 49.0 Å². The molecule has 0 spiro atoms. The molecule has 21 heavy (non-hydrogen) atoms. The molecule has 1 N–H and O–H groups in total. The van der Waals surface area contributed by atoms with Crippen molar-refractivity contribution in [3.05, 3.63) is 41.2 Å². The third kappa shape index (κ3) is 5.09. The Labute approximate surface area is 135 Å². The summed E-state index contributed by atoms with van der Waals surface area (Å²) in [5, 5.41) is 3.64. The summed E-state index contributed by atoms with van der Waals surface area (Å²) < 4.78 is 5.30. The average molecular weight is 322 g/mol. The van der Waals surface area contributed by atoms with Crippen molar-refractivity contribution >= 4 is 23.3 Å². The van der Waals surface area contributed by atoms with E-state index in [4.69, 9.17) is 0 Å². The lowest BCUT2D eigenvalue weighted by molar-refractivity contribution is 0.577. The Hall–Kier alpha value is -0.910. The molecule has 1 atom stereocenters. The predicted octanol–water partition coefficient (Wildman–Crippen LogP) is 4.24. The van der Waals surface area contributed by atoms with Gasteiger partial charge < -0.3 is 5.32 Å². The van der Waals surface area contributed by atoms with Gasteiger partial charge in [-0.15, -0.1) is 0 Å². The highest BCUT2D eigenvalue weighted by Crippen LogP contribution is 2.26.